The average molecular weight is 699 g/mol. The average Bonchev–Trinajstić information content (AvgIpc) is 3.87. The number of benzene rings is 3. The minimum atomic E-state index is -4.36. The van der Waals surface area contributed by atoms with E-state index in [9.17, 15) is 21.6 Å². The van der Waals surface area contributed by atoms with Crippen molar-refractivity contribution in [1.29, 1.82) is 0 Å². The largest absolute Gasteiger partial charge is 0.487 e. The van der Waals surface area contributed by atoms with Gasteiger partial charge in [0, 0.05) is 19.2 Å². The third kappa shape index (κ3) is 9.81. The van der Waals surface area contributed by atoms with Crippen LogP contribution in [-0.2, 0) is 47.0 Å². The van der Waals surface area contributed by atoms with Crippen LogP contribution in [-0.4, -0.2) is 32.9 Å². The summed E-state index contributed by atoms with van der Waals surface area (Å²) < 4.78 is 81.3. The van der Waals surface area contributed by atoms with Gasteiger partial charge in [0.2, 0.25) is 0 Å². The smallest absolute Gasteiger partial charge is 0.416 e. The number of halogens is 3. The molecule has 1 atom stereocenters. The number of nitrogens with zero attached hydrogens (tertiary/aromatic N) is 4. The number of hydrogen-bond acceptors (Lipinski definition) is 8. The van der Waals surface area contributed by atoms with E-state index < -0.39 is 26.6 Å². The third-order valence-electron chi connectivity index (χ3n) is 7.54. The molecule has 9 nitrogen and oxygen atoms in total. The van der Waals surface area contributed by atoms with Crippen molar-refractivity contribution >= 4 is 21.9 Å². The van der Waals surface area contributed by atoms with Gasteiger partial charge in [0.15, 0.2) is 5.89 Å². The van der Waals surface area contributed by atoms with E-state index in [4.69, 9.17) is 13.7 Å². The second kappa shape index (κ2) is 15.7. The van der Waals surface area contributed by atoms with Crippen LogP contribution in [0.2, 0.25) is 0 Å². The van der Waals surface area contributed by atoms with Crippen molar-refractivity contribution in [1.82, 2.24) is 20.0 Å². The maximum Gasteiger partial charge on any atom is 0.416 e. The lowest BCUT2D eigenvalue weighted by Gasteiger charge is -2.27. The standard InChI is InChI=1S/C28H27F3N4O2S.C6H6O3S/c29-28(30,31)23-9-7-22(8-10-23)27(13-3-17-38-27)18-26-33-24(20-37-26)19-36-25-11-5-21(6-12-25)4-1-2-15-35-16-14-32-34-35;7-10(8,9)6-4-2-1-3-5-6/h3,5-12,14,16-17,20H,1-2,4,13,15,18-19H2;1-5H,(H,7,8,9). The lowest BCUT2D eigenvalue weighted by molar-refractivity contribution is -0.137. The van der Waals surface area contributed by atoms with Gasteiger partial charge >= 0.3 is 6.18 Å². The molecule has 0 bridgehead atoms. The molecule has 1 aliphatic heterocycles. The summed E-state index contributed by atoms with van der Waals surface area (Å²) in [6, 6.07) is 20.8. The highest BCUT2D eigenvalue weighted by Gasteiger charge is 2.37. The molecule has 3 heterocycles. The van der Waals surface area contributed by atoms with Gasteiger partial charge in [-0.3, -0.25) is 9.23 Å². The Labute approximate surface area is 280 Å². The van der Waals surface area contributed by atoms with Crippen molar-refractivity contribution in [2.45, 2.75) is 61.1 Å². The summed E-state index contributed by atoms with van der Waals surface area (Å²) in [5.74, 6) is 1.28. The van der Waals surface area contributed by atoms with Crippen molar-refractivity contribution in [3.8, 4) is 5.75 Å². The second-order valence-electron chi connectivity index (χ2n) is 11.0. The molecule has 1 aliphatic rings. The number of alkyl halides is 3. The van der Waals surface area contributed by atoms with E-state index in [1.807, 2.05) is 34.5 Å². The molecule has 1 N–H and O–H groups in total. The van der Waals surface area contributed by atoms with Gasteiger partial charge in [0.25, 0.3) is 10.1 Å². The van der Waals surface area contributed by atoms with Gasteiger partial charge in [-0.15, -0.1) is 16.9 Å². The van der Waals surface area contributed by atoms with Gasteiger partial charge in [-0.2, -0.15) is 21.6 Å². The van der Waals surface area contributed by atoms with Crippen LogP contribution in [0.15, 0.2) is 118 Å². The molecule has 0 spiro atoms. The first-order chi connectivity index (χ1) is 23.0. The topological polar surface area (TPSA) is 120 Å². The Bertz CT molecular complexity index is 1850. The molecule has 6 rings (SSSR count). The molecular weight excluding hydrogens is 666 g/mol. The number of unbranched alkanes of at least 4 members (excludes halogenated alkanes) is 1. The van der Waals surface area contributed by atoms with Crippen LogP contribution in [0.1, 0.15) is 47.5 Å². The summed E-state index contributed by atoms with van der Waals surface area (Å²) in [6.07, 6.45) is 7.01. The van der Waals surface area contributed by atoms with Gasteiger partial charge < -0.3 is 9.15 Å². The Kier molecular flexibility index (Phi) is 11.4. The summed E-state index contributed by atoms with van der Waals surface area (Å²) in [7, 11) is -4.00. The van der Waals surface area contributed by atoms with Gasteiger partial charge in [0.05, 0.1) is 21.4 Å². The first-order valence-corrected chi connectivity index (χ1v) is 17.3. The summed E-state index contributed by atoms with van der Waals surface area (Å²) in [4.78, 5) is 4.51. The molecule has 0 aliphatic carbocycles. The third-order valence-corrected chi connectivity index (χ3v) is 9.73. The van der Waals surface area contributed by atoms with Crippen LogP contribution in [0.25, 0.3) is 0 Å². The highest BCUT2D eigenvalue weighted by Crippen LogP contribution is 2.48. The molecule has 48 heavy (non-hydrogen) atoms. The van der Waals surface area contributed by atoms with E-state index in [1.54, 1.807) is 54.6 Å². The SMILES string of the molecule is FC(F)(F)c1ccc(C2(Cc3nc(COc4ccc(CCCCn5ccnn5)cc4)co3)CC=CS2)cc1.O=S(=O)(O)c1ccccc1. The monoisotopic (exact) mass is 698 g/mol. The summed E-state index contributed by atoms with van der Waals surface area (Å²) >= 11 is 1.58. The van der Waals surface area contributed by atoms with E-state index in [-0.39, 0.29) is 11.5 Å². The van der Waals surface area contributed by atoms with E-state index in [0.717, 1.165) is 49.3 Å². The first-order valence-electron chi connectivity index (χ1n) is 15.0. The highest BCUT2D eigenvalue weighted by atomic mass is 32.2. The van der Waals surface area contributed by atoms with E-state index in [2.05, 4.69) is 27.4 Å². The summed E-state index contributed by atoms with van der Waals surface area (Å²) in [6.45, 7) is 1.13. The fourth-order valence-electron chi connectivity index (χ4n) is 5.03. The lowest BCUT2D eigenvalue weighted by atomic mass is 9.90. The molecule has 0 radical (unpaired) electrons. The van der Waals surface area contributed by atoms with Crippen LogP contribution in [0, 0.1) is 0 Å². The zero-order chi connectivity index (χ0) is 34.0. The molecule has 0 fully saturated rings. The minimum absolute atomic E-state index is 0.0741. The predicted molar refractivity (Wildman–Crippen MR) is 175 cm³/mol. The Morgan fingerprint density at radius 2 is 1.75 bits per heavy atom. The Balaban J connectivity index is 0.000000387. The van der Waals surface area contributed by atoms with Crippen LogP contribution in [0.3, 0.4) is 0 Å². The molecule has 252 valence electrons. The molecule has 5 aromatic rings. The van der Waals surface area contributed by atoms with Crippen molar-refractivity contribution in [3.63, 3.8) is 0 Å². The first kappa shape index (κ1) is 34.9. The zero-order valence-electron chi connectivity index (χ0n) is 25.7. The molecule has 0 saturated heterocycles. The molecular formula is C34H33F3N4O5S2. The fraction of sp³-hybridized carbons (Fsp3) is 0.265. The fourth-order valence-corrected chi connectivity index (χ4v) is 6.65. The lowest BCUT2D eigenvalue weighted by Crippen LogP contribution is -2.22. The zero-order valence-corrected chi connectivity index (χ0v) is 27.3. The van der Waals surface area contributed by atoms with E-state index in [0.29, 0.717) is 24.4 Å². The van der Waals surface area contributed by atoms with Crippen LogP contribution < -0.4 is 4.74 Å². The number of ether oxygens (including phenoxy) is 1. The number of oxazole rings is 1. The maximum atomic E-state index is 13.0. The minimum Gasteiger partial charge on any atom is -0.487 e. The highest BCUT2D eigenvalue weighted by molar-refractivity contribution is 8.03. The van der Waals surface area contributed by atoms with Crippen LogP contribution in [0.4, 0.5) is 13.2 Å². The normalized spacial score (nSPS) is 16.0. The summed E-state index contributed by atoms with van der Waals surface area (Å²) in [5.41, 5.74) is 2.07. The molecule has 14 heteroatoms. The molecule has 1 unspecified atom stereocenters. The second-order valence-corrected chi connectivity index (χ2v) is 13.7. The van der Waals surface area contributed by atoms with Crippen LogP contribution in [0.5, 0.6) is 5.75 Å². The number of thioether (sulfide) groups is 1. The number of hydrogen-bond donors (Lipinski definition) is 1. The van der Waals surface area contributed by atoms with Crippen molar-refractivity contribution in [3.05, 3.63) is 137 Å². The van der Waals surface area contributed by atoms with Gasteiger partial charge in [-0.1, -0.05) is 53.8 Å². The Morgan fingerprint density at radius 1 is 1.00 bits per heavy atom. The molecule has 2 aromatic heterocycles. The van der Waals surface area contributed by atoms with Crippen LogP contribution >= 0.6 is 11.8 Å². The van der Waals surface area contributed by atoms with Crippen molar-refractivity contribution < 1.29 is 35.3 Å². The molecule has 3 aromatic carbocycles. The Morgan fingerprint density at radius 3 is 2.35 bits per heavy atom. The number of aromatic nitrogens is 4. The van der Waals surface area contributed by atoms with E-state index in [1.165, 1.54) is 17.7 Å². The quantitative estimate of drug-likeness (QED) is 0.102. The van der Waals surface area contributed by atoms with Crippen molar-refractivity contribution in [2.75, 3.05) is 0 Å². The molecule has 0 amide bonds. The number of rotatable bonds is 12. The predicted octanol–water partition coefficient (Wildman–Crippen LogP) is 7.91. The van der Waals surface area contributed by atoms with Gasteiger partial charge in [-0.25, -0.2) is 4.98 Å². The number of aryl methyl sites for hydroxylation is 2. The summed E-state index contributed by atoms with van der Waals surface area (Å²) in [5, 5.41) is 9.76. The van der Waals surface area contributed by atoms with E-state index >= 15 is 0 Å². The van der Waals surface area contributed by atoms with Gasteiger partial charge in [0.1, 0.15) is 24.3 Å². The Hall–Kier alpha value is -4.40. The van der Waals surface area contributed by atoms with Gasteiger partial charge in [-0.05, 0) is 78.6 Å². The van der Waals surface area contributed by atoms with Crippen molar-refractivity contribution in [2.24, 2.45) is 0 Å². The molecule has 0 saturated carbocycles. The maximum absolute atomic E-state index is 13.0. The number of allylic oxidation sites excluding steroid dienone is 1.